The maximum atomic E-state index is 11.9. The van der Waals surface area contributed by atoms with E-state index in [2.05, 4.69) is 10.4 Å². The molecule has 0 saturated heterocycles. The van der Waals surface area contributed by atoms with Gasteiger partial charge in [0.2, 0.25) is 5.91 Å². The monoisotopic (exact) mass is 340 g/mol. The highest BCUT2D eigenvalue weighted by Gasteiger charge is 2.06. The molecule has 3 heterocycles. The largest absolute Gasteiger partial charge is 0.463 e. The number of nitrogens with one attached hydrogen (secondary N) is 1. The molecule has 0 aliphatic heterocycles. The maximum Gasteiger partial charge on any atom is 0.266 e. The van der Waals surface area contributed by atoms with Crippen molar-refractivity contribution in [3.8, 4) is 11.5 Å². The summed E-state index contributed by atoms with van der Waals surface area (Å²) in [5, 5.41) is 7.08. The molecule has 7 heteroatoms. The molecule has 0 atom stereocenters. The van der Waals surface area contributed by atoms with Gasteiger partial charge in [0.15, 0.2) is 5.76 Å². The van der Waals surface area contributed by atoms with Gasteiger partial charge in [0, 0.05) is 38.0 Å². The van der Waals surface area contributed by atoms with E-state index in [1.165, 1.54) is 10.7 Å². The van der Waals surface area contributed by atoms with Crippen LogP contribution in [0.15, 0.2) is 64.3 Å². The zero-order valence-corrected chi connectivity index (χ0v) is 13.8. The van der Waals surface area contributed by atoms with Crippen LogP contribution < -0.4 is 10.9 Å². The summed E-state index contributed by atoms with van der Waals surface area (Å²) in [7, 11) is 0. The van der Waals surface area contributed by atoms with Crippen LogP contribution >= 0.6 is 0 Å². The van der Waals surface area contributed by atoms with Gasteiger partial charge >= 0.3 is 0 Å². The highest BCUT2D eigenvalue weighted by atomic mass is 16.3. The van der Waals surface area contributed by atoms with Gasteiger partial charge in [-0.1, -0.05) is 0 Å². The number of hydrogen-bond acceptors (Lipinski definition) is 4. The lowest BCUT2D eigenvalue weighted by molar-refractivity contribution is -0.121. The Hall–Kier alpha value is -3.09. The number of carbonyl (C=O) groups excluding carboxylic acids is 1. The van der Waals surface area contributed by atoms with E-state index in [0.29, 0.717) is 31.0 Å². The molecule has 130 valence electrons. The van der Waals surface area contributed by atoms with Crippen molar-refractivity contribution in [2.45, 2.75) is 25.9 Å². The molecular formula is C18H20N4O3. The minimum absolute atomic E-state index is 0.0256. The fourth-order valence-electron chi connectivity index (χ4n) is 2.50. The third-order valence-corrected chi connectivity index (χ3v) is 3.77. The van der Waals surface area contributed by atoms with E-state index in [9.17, 15) is 9.59 Å². The van der Waals surface area contributed by atoms with Gasteiger partial charge in [-0.2, -0.15) is 5.10 Å². The van der Waals surface area contributed by atoms with Crippen LogP contribution in [-0.4, -0.2) is 26.8 Å². The first-order chi connectivity index (χ1) is 12.2. The van der Waals surface area contributed by atoms with Crippen molar-refractivity contribution in [1.82, 2.24) is 19.7 Å². The van der Waals surface area contributed by atoms with Crippen LogP contribution in [0.25, 0.3) is 11.5 Å². The topological polar surface area (TPSA) is 82.1 Å². The standard InChI is InChI=1S/C18H20N4O3/c23-17(6-3-12-21-10-1-2-11-21)19-9-13-22-18(24)8-7-15(20-22)16-5-4-14-25-16/h1-2,4-5,7-8,10-11,14H,3,6,9,12-13H2,(H,19,23). The molecule has 3 rings (SSSR count). The van der Waals surface area contributed by atoms with Crippen LogP contribution in [0, 0.1) is 0 Å². The van der Waals surface area contributed by atoms with Crippen LogP contribution in [-0.2, 0) is 17.9 Å². The zero-order valence-electron chi connectivity index (χ0n) is 13.8. The Labute approximate surface area is 144 Å². The number of carbonyl (C=O) groups is 1. The summed E-state index contributed by atoms with van der Waals surface area (Å²) >= 11 is 0. The van der Waals surface area contributed by atoms with Gasteiger partial charge in [0.25, 0.3) is 5.56 Å². The number of aryl methyl sites for hydroxylation is 1. The lowest BCUT2D eigenvalue weighted by Crippen LogP contribution is -2.31. The third kappa shape index (κ3) is 4.69. The highest BCUT2D eigenvalue weighted by Crippen LogP contribution is 2.14. The second-order valence-corrected chi connectivity index (χ2v) is 5.63. The summed E-state index contributed by atoms with van der Waals surface area (Å²) in [5.41, 5.74) is 0.375. The van der Waals surface area contributed by atoms with Crippen molar-refractivity contribution in [3.63, 3.8) is 0 Å². The van der Waals surface area contributed by atoms with Crippen molar-refractivity contribution >= 4 is 5.91 Å². The normalized spacial score (nSPS) is 10.7. The summed E-state index contributed by atoms with van der Waals surface area (Å²) in [5.74, 6) is 0.574. The van der Waals surface area contributed by atoms with Crippen molar-refractivity contribution < 1.29 is 9.21 Å². The molecule has 0 aliphatic rings. The van der Waals surface area contributed by atoms with Gasteiger partial charge in [-0.05, 0) is 36.8 Å². The Kier molecular flexibility index (Phi) is 5.46. The van der Waals surface area contributed by atoms with Crippen molar-refractivity contribution in [2.75, 3.05) is 6.54 Å². The van der Waals surface area contributed by atoms with E-state index in [-0.39, 0.29) is 11.5 Å². The highest BCUT2D eigenvalue weighted by molar-refractivity contribution is 5.75. The van der Waals surface area contributed by atoms with Crippen LogP contribution in [0.1, 0.15) is 12.8 Å². The molecular weight excluding hydrogens is 320 g/mol. The number of hydrogen-bond donors (Lipinski definition) is 1. The molecule has 0 unspecified atom stereocenters. The van der Waals surface area contributed by atoms with Crippen molar-refractivity contribution in [3.05, 3.63) is 65.4 Å². The average Bonchev–Trinajstić information content (AvgIpc) is 3.30. The molecule has 0 aromatic carbocycles. The Bertz CT molecular complexity index is 851. The fraction of sp³-hybridized carbons (Fsp3) is 0.278. The van der Waals surface area contributed by atoms with Gasteiger partial charge in [-0.25, -0.2) is 4.68 Å². The van der Waals surface area contributed by atoms with Crippen LogP contribution in [0.2, 0.25) is 0 Å². The third-order valence-electron chi connectivity index (χ3n) is 3.77. The maximum absolute atomic E-state index is 11.9. The number of nitrogens with zero attached hydrogens (tertiary/aromatic N) is 3. The van der Waals surface area contributed by atoms with Gasteiger partial charge in [0.05, 0.1) is 12.8 Å². The van der Waals surface area contributed by atoms with Crippen LogP contribution in [0.4, 0.5) is 0 Å². The smallest absolute Gasteiger partial charge is 0.266 e. The molecule has 3 aromatic heterocycles. The second kappa shape index (κ2) is 8.14. The molecule has 0 fully saturated rings. The average molecular weight is 340 g/mol. The first-order valence-corrected chi connectivity index (χ1v) is 8.22. The first kappa shape index (κ1) is 16.8. The van der Waals surface area contributed by atoms with Gasteiger partial charge in [-0.3, -0.25) is 9.59 Å². The summed E-state index contributed by atoms with van der Waals surface area (Å²) in [4.78, 5) is 23.7. The van der Waals surface area contributed by atoms with E-state index in [0.717, 1.165) is 13.0 Å². The lowest BCUT2D eigenvalue weighted by atomic mass is 10.3. The van der Waals surface area contributed by atoms with Crippen molar-refractivity contribution in [2.24, 2.45) is 0 Å². The minimum atomic E-state index is -0.211. The molecule has 0 saturated carbocycles. The molecule has 0 aliphatic carbocycles. The first-order valence-electron chi connectivity index (χ1n) is 8.22. The van der Waals surface area contributed by atoms with E-state index in [1.807, 2.05) is 29.1 Å². The second-order valence-electron chi connectivity index (χ2n) is 5.63. The molecule has 25 heavy (non-hydrogen) atoms. The number of rotatable bonds is 8. The number of amides is 1. The minimum Gasteiger partial charge on any atom is -0.463 e. The molecule has 0 spiro atoms. The summed E-state index contributed by atoms with van der Waals surface area (Å²) in [6.45, 7) is 1.49. The molecule has 7 nitrogen and oxygen atoms in total. The van der Waals surface area contributed by atoms with E-state index < -0.39 is 0 Å². The summed E-state index contributed by atoms with van der Waals surface area (Å²) < 4.78 is 8.65. The van der Waals surface area contributed by atoms with E-state index in [4.69, 9.17) is 4.42 Å². The van der Waals surface area contributed by atoms with Crippen LogP contribution in [0.3, 0.4) is 0 Å². The number of aromatic nitrogens is 3. The molecule has 3 aromatic rings. The van der Waals surface area contributed by atoms with Gasteiger partial charge in [0.1, 0.15) is 5.69 Å². The lowest BCUT2D eigenvalue weighted by Gasteiger charge is -2.08. The molecule has 0 radical (unpaired) electrons. The van der Waals surface area contributed by atoms with E-state index in [1.54, 1.807) is 24.5 Å². The Morgan fingerprint density at radius 1 is 1.12 bits per heavy atom. The van der Waals surface area contributed by atoms with E-state index >= 15 is 0 Å². The summed E-state index contributed by atoms with van der Waals surface area (Å²) in [6.07, 6.45) is 6.73. The quantitative estimate of drug-likeness (QED) is 0.679. The molecule has 0 bridgehead atoms. The Morgan fingerprint density at radius 3 is 2.72 bits per heavy atom. The predicted octanol–water partition coefficient (Wildman–Crippen LogP) is 1.90. The van der Waals surface area contributed by atoms with Crippen molar-refractivity contribution in [1.29, 1.82) is 0 Å². The SMILES string of the molecule is O=C(CCCn1cccc1)NCCn1nc(-c2ccco2)ccc1=O. The van der Waals surface area contributed by atoms with Crippen LogP contribution in [0.5, 0.6) is 0 Å². The summed E-state index contributed by atoms with van der Waals surface area (Å²) in [6, 6.07) is 10.5. The zero-order chi connectivity index (χ0) is 17.5. The fourth-order valence-corrected chi connectivity index (χ4v) is 2.50. The Balaban J connectivity index is 1.46. The molecule has 1 amide bonds. The number of furan rings is 1. The predicted molar refractivity (Wildman–Crippen MR) is 92.9 cm³/mol. The van der Waals surface area contributed by atoms with Gasteiger partial charge < -0.3 is 14.3 Å². The molecule has 1 N–H and O–H groups in total. The van der Waals surface area contributed by atoms with Gasteiger partial charge in [-0.15, -0.1) is 0 Å². The Morgan fingerprint density at radius 2 is 1.96 bits per heavy atom.